The lowest BCUT2D eigenvalue weighted by molar-refractivity contribution is -0.157. The number of guanidine groups is 1. The minimum atomic E-state index is -4.48. The number of likely N-dealkylation sites (N-methyl/N-ethyl adjacent to an activating group) is 1. The van der Waals surface area contributed by atoms with Crippen LogP contribution < -0.4 is 10.6 Å². The average Bonchev–Trinajstić information content (AvgIpc) is 2.51. The standard InChI is InChI=1S/C15H19F5N4O/c1-9(10-4-5-11(16)12(17)6-10)23-14(21-2)22-7-13(25)24(3)8-15(18,19)20/h4-6,9H,7-8H2,1-3H3,(H2,21,22,23). The van der Waals surface area contributed by atoms with Crippen LogP contribution in [0.5, 0.6) is 0 Å². The highest BCUT2D eigenvalue weighted by molar-refractivity contribution is 5.86. The number of halogens is 5. The van der Waals surface area contributed by atoms with Gasteiger partial charge in [0.05, 0.1) is 12.6 Å². The Bertz CT molecular complexity index is 633. The number of alkyl halides is 3. The van der Waals surface area contributed by atoms with Crippen LogP contribution in [0.1, 0.15) is 18.5 Å². The van der Waals surface area contributed by atoms with Gasteiger partial charge in [-0.05, 0) is 24.6 Å². The van der Waals surface area contributed by atoms with Crippen molar-refractivity contribution >= 4 is 11.9 Å². The topological polar surface area (TPSA) is 56.7 Å². The normalized spacial score (nSPS) is 13.4. The molecule has 1 aromatic carbocycles. The van der Waals surface area contributed by atoms with Gasteiger partial charge in [-0.15, -0.1) is 0 Å². The fraction of sp³-hybridized carbons (Fsp3) is 0.467. The molecule has 5 nitrogen and oxygen atoms in total. The van der Waals surface area contributed by atoms with Gasteiger partial charge in [-0.1, -0.05) is 6.07 Å². The van der Waals surface area contributed by atoms with Crippen LogP contribution in [-0.2, 0) is 4.79 Å². The first kappa shape index (κ1) is 20.7. The third kappa shape index (κ3) is 6.94. The fourth-order valence-electron chi connectivity index (χ4n) is 1.92. The Hall–Kier alpha value is -2.39. The summed E-state index contributed by atoms with van der Waals surface area (Å²) in [6.45, 7) is -0.112. The van der Waals surface area contributed by atoms with Crippen LogP contribution in [0.15, 0.2) is 23.2 Å². The minimum Gasteiger partial charge on any atom is -0.350 e. The lowest BCUT2D eigenvalue weighted by atomic mass is 10.1. The largest absolute Gasteiger partial charge is 0.406 e. The molecule has 2 N–H and O–H groups in total. The van der Waals surface area contributed by atoms with Gasteiger partial charge >= 0.3 is 6.18 Å². The summed E-state index contributed by atoms with van der Waals surface area (Å²) in [7, 11) is 2.44. The molecule has 0 saturated carbocycles. The van der Waals surface area contributed by atoms with Gasteiger partial charge in [-0.3, -0.25) is 9.79 Å². The molecule has 0 aliphatic carbocycles. The van der Waals surface area contributed by atoms with Crippen molar-refractivity contribution in [3.8, 4) is 0 Å². The smallest absolute Gasteiger partial charge is 0.350 e. The molecule has 0 bridgehead atoms. The van der Waals surface area contributed by atoms with Crippen molar-refractivity contribution in [2.24, 2.45) is 4.99 Å². The van der Waals surface area contributed by atoms with Gasteiger partial charge in [0.1, 0.15) is 6.54 Å². The van der Waals surface area contributed by atoms with E-state index in [9.17, 15) is 26.7 Å². The van der Waals surface area contributed by atoms with Crippen LogP contribution in [0.25, 0.3) is 0 Å². The highest BCUT2D eigenvalue weighted by Crippen LogP contribution is 2.16. The van der Waals surface area contributed by atoms with Crippen molar-refractivity contribution in [3.63, 3.8) is 0 Å². The average molecular weight is 366 g/mol. The van der Waals surface area contributed by atoms with E-state index in [1.54, 1.807) is 6.92 Å². The number of aliphatic imine (C=N–C) groups is 1. The maximum absolute atomic E-state index is 13.2. The van der Waals surface area contributed by atoms with Gasteiger partial charge in [-0.25, -0.2) is 8.78 Å². The first-order chi connectivity index (χ1) is 11.5. The van der Waals surface area contributed by atoms with Gasteiger partial charge in [0, 0.05) is 14.1 Å². The highest BCUT2D eigenvalue weighted by Gasteiger charge is 2.31. The molecule has 0 spiro atoms. The van der Waals surface area contributed by atoms with Gasteiger partial charge < -0.3 is 15.5 Å². The summed E-state index contributed by atoms with van der Waals surface area (Å²) in [5.74, 6) is -2.62. The molecule has 0 aliphatic rings. The fourth-order valence-corrected chi connectivity index (χ4v) is 1.92. The van der Waals surface area contributed by atoms with E-state index in [2.05, 4.69) is 15.6 Å². The molecule has 1 aromatic rings. The number of carbonyl (C=O) groups is 1. The zero-order valence-corrected chi connectivity index (χ0v) is 13.9. The monoisotopic (exact) mass is 366 g/mol. The molecule has 0 heterocycles. The predicted molar refractivity (Wildman–Crippen MR) is 83.0 cm³/mol. The molecular formula is C15H19F5N4O. The van der Waals surface area contributed by atoms with Gasteiger partial charge in [0.15, 0.2) is 17.6 Å². The summed E-state index contributed by atoms with van der Waals surface area (Å²) >= 11 is 0. The van der Waals surface area contributed by atoms with Crippen molar-refractivity contribution < 1.29 is 26.7 Å². The number of amides is 1. The lowest BCUT2D eigenvalue weighted by Gasteiger charge is -2.21. The van der Waals surface area contributed by atoms with Gasteiger partial charge in [0.2, 0.25) is 5.91 Å². The van der Waals surface area contributed by atoms with Crippen LogP contribution in [0, 0.1) is 11.6 Å². The Labute approximate surface area is 141 Å². The molecule has 1 rings (SSSR count). The summed E-state index contributed by atoms with van der Waals surface area (Å²) in [5, 5.41) is 5.40. The Kier molecular flexibility index (Phi) is 7.13. The third-order valence-corrected chi connectivity index (χ3v) is 3.27. The van der Waals surface area contributed by atoms with E-state index in [4.69, 9.17) is 0 Å². The molecule has 25 heavy (non-hydrogen) atoms. The number of rotatable bonds is 5. The maximum atomic E-state index is 13.2. The first-order valence-electron chi connectivity index (χ1n) is 7.26. The van der Waals surface area contributed by atoms with Gasteiger partial charge in [0.25, 0.3) is 0 Å². The van der Waals surface area contributed by atoms with Crippen LogP contribution in [0.3, 0.4) is 0 Å². The van der Waals surface area contributed by atoms with E-state index >= 15 is 0 Å². The molecule has 1 amide bonds. The predicted octanol–water partition coefficient (Wildman–Crippen LogP) is 2.21. The number of nitrogens with zero attached hydrogens (tertiary/aromatic N) is 2. The van der Waals surface area contributed by atoms with Crippen LogP contribution >= 0.6 is 0 Å². The van der Waals surface area contributed by atoms with E-state index in [-0.39, 0.29) is 5.96 Å². The summed E-state index contributed by atoms with van der Waals surface area (Å²) in [4.78, 5) is 16.0. The molecule has 10 heteroatoms. The molecule has 0 radical (unpaired) electrons. The molecule has 140 valence electrons. The van der Waals surface area contributed by atoms with E-state index < -0.39 is 42.8 Å². The first-order valence-corrected chi connectivity index (χ1v) is 7.26. The second-order valence-electron chi connectivity index (χ2n) is 5.33. The van der Waals surface area contributed by atoms with E-state index in [0.29, 0.717) is 10.5 Å². The number of nitrogens with one attached hydrogen (secondary N) is 2. The minimum absolute atomic E-state index is 0.131. The lowest BCUT2D eigenvalue weighted by Crippen LogP contribution is -2.46. The summed E-state index contributed by atoms with van der Waals surface area (Å²) < 4.78 is 62.9. The quantitative estimate of drug-likeness (QED) is 0.477. The molecule has 0 aromatic heterocycles. The second-order valence-corrected chi connectivity index (χ2v) is 5.33. The van der Waals surface area contributed by atoms with Crippen molar-refractivity contribution in [3.05, 3.63) is 35.4 Å². The van der Waals surface area contributed by atoms with Crippen molar-refractivity contribution in [2.75, 3.05) is 27.2 Å². The van der Waals surface area contributed by atoms with Crippen molar-refractivity contribution in [2.45, 2.75) is 19.1 Å². The van der Waals surface area contributed by atoms with Crippen LogP contribution in [0.4, 0.5) is 22.0 Å². The van der Waals surface area contributed by atoms with E-state index in [0.717, 1.165) is 19.2 Å². The Morgan fingerprint density at radius 1 is 1.28 bits per heavy atom. The number of hydrogen-bond acceptors (Lipinski definition) is 2. The molecule has 1 atom stereocenters. The van der Waals surface area contributed by atoms with E-state index in [1.807, 2.05) is 0 Å². The van der Waals surface area contributed by atoms with Gasteiger partial charge in [-0.2, -0.15) is 13.2 Å². The van der Waals surface area contributed by atoms with E-state index in [1.165, 1.54) is 13.1 Å². The zero-order valence-electron chi connectivity index (χ0n) is 13.9. The van der Waals surface area contributed by atoms with Crippen LogP contribution in [0.2, 0.25) is 0 Å². The number of benzene rings is 1. The SMILES string of the molecule is CN=C(NCC(=O)N(C)CC(F)(F)F)NC(C)c1ccc(F)c(F)c1. The Balaban J connectivity index is 2.59. The summed E-state index contributed by atoms with van der Waals surface area (Å²) in [6, 6.07) is 2.90. The Morgan fingerprint density at radius 3 is 2.44 bits per heavy atom. The highest BCUT2D eigenvalue weighted by atomic mass is 19.4. The summed E-state index contributed by atoms with van der Waals surface area (Å²) in [6.07, 6.45) is -4.48. The molecule has 1 unspecified atom stereocenters. The van der Waals surface area contributed by atoms with Crippen molar-refractivity contribution in [1.82, 2.24) is 15.5 Å². The second kappa shape index (κ2) is 8.63. The molecule has 0 saturated heterocycles. The molecule has 0 aliphatic heterocycles. The number of hydrogen-bond donors (Lipinski definition) is 2. The summed E-state index contributed by atoms with van der Waals surface area (Å²) in [5.41, 5.74) is 0.433. The molecular weight excluding hydrogens is 347 g/mol. The Morgan fingerprint density at radius 2 is 1.92 bits per heavy atom. The zero-order chi connectivity index (χ0) is 19.2. The van der Waals surface area contributed by atoms with Crippen molar-refractivity contribution in [1.29, 1.82) is 0 Å². The maximum Gasteiger partial charge on any atom is 0.406 e. The molecule has 0 fully saturated rings. The third-order valence-electron chi connectivity index (χ3n) is 3.27. The van der Waals surface area contributed by atoms with Crippen LogP contribution in [-0.4, -0.2) is 50.1 Å². The number of carbonyl (C=O) groups excluding carboxylic acids is 1.